The Kier molecular flexibility index (Phi) is 6.75. The van der Waals surface area contributed by atoms with E-state index in [9.17, 15) is 0 Å². The van der Waals surface area contributed by atoms with Gasteiger partial charge in [-0.2, -0.15) is 0 Å². The molecular formula is C53H52BN3S. The van der Waals surface area contributed by atoms with Crippen molar-refractivity contribution in [3.8, 4) is 0 Å². The van der Waals surface area contributed by atoms with Crippen LogP contribution in [0.15, 0.2) is 103 Å². The van der Waals surface area contributed by atoms with Gasteiger partial charge >= 0.3 is 0 Å². The molecule has 0 amide bonds. The van der Waals surface area contributed by atoms with Crippen LogP contribution >= 0.6 is 11.3 Å². The molecule has 4 aliphatic heterocycles. The van der Waals surface area contributed by atoms with E-state index in [2.05, 4.69) is 180 Å². The number of para-hydroxylation sites is 2. The third kappa shape index (κ3) is 4.31. The minimum absolute atomic E-state index is 0.00820. The Morgan fingerprint density at radius 1 is 0.586 bits per heavy atom. The summed E-state index contributed by atoms with van der Waals surface area (Å²) in [7, 11) is 0. The van der Waals surface area contributed by atoms with E-state index in [4.69, 9.17) is 0 Å². The van der Waals surface area contributed by atoms with Gasteiger partial charge in [0.05, 0.1) is 26.3 Å². The van der Waals surface area contributed by atoms with Crippen LogP contribution in [0.2, 0.25) is 0 Å². The maximum absolute atomic E-state index is 2.86. The highest BCUT2D eigenvalue weighted by Crippen LogP contribution is 2.62. The number of aryl methyl sites for hydroxylation is 1. The van der Waals surface area contributed by atoms with Gasteiger partial charge in [-0.25, -0.2) is 0 Å². The van der Waals surface area contributed by atoms with Gasteiger partial charge in [0.1, 0.15) is 0 Å². The van der Waals surface area contributed by atoms with E-state index in [0.717, 1.165) is 0 Å². The first kappa shape index (κ1) is 35.0. The van der Waals surface area contributed by atoms with Crippen molar-refractivity contribution in [1.29, 1.82) is 0 Å². The fraction of sp³-hybridized carbons (Fsp3) is 0.321. The molecule has 0 N–H and O–H groups in total. The molecular weight excluding hydrogens is 721 g/mol. The second-order valence-electron chi connectivity index (χ2n) is 20.6. The first-order valence-corrected chi connectivity index (χ1v) is 22.4. The molecule has 2 unspecified atom stereocenters. The van der Waals surface area contributed by atoms with Crippen molar-refractivity contribution in [1.82, 2.24) is 0 Å². The average molecular weight is 774 g/mol. The minimum Gasteiger partial charge on any atom is -0.335 e. The summed E-state index contributed by atoms with van der Waals surface area (Å²) in [5.41, 5.74) is 20.4. The quantitative estimate of drug-likeness (QED) is 0.154. The molecule has 0 saturated heterocycles. The topological polar surface area (TPSA) is 9.72 Å². The molecule has 5 heterocycles. The Morgan fingerprint density at radius 2 is 1.24 bits per heavy atom. The van der Waals surface area contributed by atoms with E-state index in [1.54, 1.807) is 5.56 Å². The van der Waals surface area contributed by atoms with Gasteiger partial charge in [-0.05, 0) is 137 Å². The highest BCUT2D eigenvalue weighted by molar-refractivity contribution is 7.27. The Bertz CT molecular complexity index is 2950. The van der Waals surface area contributed by atoms with Gasteiger partial charge in [-0.15, -0.1) is 11.3 Å². The predicted octanol–water partition coefficient (Wildman–Crippen LogP) is 13.1. The maximum Gasteiger partial charge on any atom is 0.252 e. The molecule has 1 aliphatic carbocycles. The van der Waals surface area contributed by atoms with Crippen molar-refractivity contribution in [2.45, 2.75) is 110 Å². The molecule has 1 fully saturated rings. The zero-order valence-electron chi connectivity index (χ0n) is 35.5. The van der Waals surface area contributed by atoms with E-state index in [1.165, 1.54) is 124 Å². The number of hydrogen-bond donors (Lipinski definition) is 0. The molecule has 3 nitrogen and oxygen atoms in total. The monoisotopic (exact) mass is 773 g/mol. The van der Waals surface area contributed by atoms with E-state index in [-0.39, 0.29) is 28.5 Å². The van der Waals surface area contributed by atoms with Gasteiger partial charge in [0.15, 0.2) is 0 Å². The standard InChI is InChI=1S/C53H52BN3S/c1-31-24-42-46-43(25-31)57-47-38(52(8)22-13-14-23-53(52,57)9)18-15-19-40(47)54(46)39-21-20-35-30-41(39)56(42)45-29-33(51(5,6)7)27-37-36-26-32(50(2,3)4)28-44(48(36)58-49(37)45)55(35)34-16-11-10-12-17-34/h10-12,15-21,24-30H,13-14,22-23H2,1-9H3. The zero-order valence-corrected chi connectivity index (χ0v) is 36.3. The molecule has 1 saturated carbocycles. The number of rotatable bonds is 1. The van der Waals surface area contributed by atoms with Crippen LogP contribution in [0.4, 0.5) is 45.5 Å². The number of thiophene rings is 1. The van der Waals surface area contributed by atoms with Gasteiger partial charge in [0.2, 0.25) is 0 Å². The van der Waals surface area contributed by atoms with Crippen molar-refractivity contribution < 1.29 is 0 Å². The predicted molar refractivity (Wildman–Crippen MR) is 252 cm³/mol. The minimum atomic E-state index is -0.0438. The third-order valence-corrected chi connectivity index (χ3v) is 16.5. The number of benzene rings is 6. The summed E-state index contributed by atoms with van der Waals surface area (Å²) in [5.74, 6) is 0. The molecule has 5 aliphatic rings. The number of anilines is 8. The van der Waals surface area contributed by atoms with Crippen LogP contribution in [0.3, 0.4) is 0 Å². The Balaban J connectivity index is 1.26. The Labute approximate surface area is 348 Å². The second kappa shape index (κ2) is 11.2. The largest absolute Gasteiger partial charge is 0.335 e. The molecule has 2 atom stereocenters. The van der Waals surface area contributed by atoms with Crippen LogP contribution in [0, 0.1) is 6.92 Å². The lowest BCUT2D eigenvalue weighted by molar-refractivity contribution is 0.195. The van der Waals surface area contributed by atoms with Crippen LogP contribution in [0.1, 0.15) is 103 Å². The molecule has 5 heteroatoms. The number of fused-ring (bicyclic) bond motifs is 10. The lowest BCUT2D eigenvalue weighted by Gasteiger charge is -2.53. The van der Waals surface area contributed by atoms with Crippen LogP contribution < -0.4 is 31.1 Å². The van der Waals surface area contributed by atoms with E-state index in [0.29, 0.717) is 0 Å². The zero-order chi connectivity index (χ0) is 39.8. The summed E-state index contributed by atoms with van der Waals surface area (Å²) in [6.07, 6.45) is 5.02. The lowest BCUT2D eigenvalue weighted by atomic mass is 9.33. The van der Waals surface area contributed by atoms with E-state index >= 15 is 0 Å². The van der Waals surface area contributed by atoms with E-state index in [1.807, 2.05) is 11.3 Å². The van der Waals surface area contributed by atoms with Crippen molar-refractivity contribution in [2.24, 2.45) is 0 Å². The fourth-order valence-electron chi connectivity index (χ4n) is 11.9. The molecule has 1 aromatic heterocycles. The summed E-state index contributed by atoms with van der Waals surface area (Å²) in [6, 6.07) is 41.0. The molecule has 12 rings (SSSR count). The van der Waals surface area contributed by atoms with Gasteiger partial charge in [0, 0.05) is 50.3 Å². The first-order chi connectivity index (χ1) is 27.7. The highest BCUT2D eigenvalue weighted by Gasteiger charge is 2.61. The summed E-state index contributed by atoms with van der Waals surface area (Å²) >= 11 is 1.99. The summed E-state index contributed by atoms with van der Waals surface area (Å²) in [5, 5.41) is 2.72. The van der Waals surface area contributed by atoms with Crippen LogP contribution in [0.25, 0.3) is 20.2 Å². The first-order valence-electron chi connectivity index (χ1n) is 21.6. The third-order valence-electron chi connectivity index (χ3n) is 15.2. The summed E-state index contributed by atoms with van der Waals surface area (Å²) in [4.78, 5) is 8.12. The highest BCUT2D eigenvalue weighted by atomic mass is 32.1. The van der Waals surface area contributed by atoms with Gasteiger partial charge in [-0.3, -0.25) is 0 Å². The Morgan fingerprint density at radius 3 is 1.93 bits per heavy atom. The molecule has 6 aromatic carbocycles. The molecule has 7 aromatic rings. The van der Waals surface area contributed by atoms with Crippen molar-refractivity contribution in [3.63, 3.8) is 0 Å². The van der Waals surface area contributed by atoms with Gasteiger partial charge < -0.3 is 14.7 Å². The number of hydrogen-bond acceptors (Lipinski definition) is 4. The van der Waals surface area contributed by atoms with Crippen molar-refractivity contribution in [3.05, 3.63) is 125 Å². The molecule has 0 spiro atoms. The van der Waals surface area contributed by atoms with Crippen molar-refractivity contribution in [2.75, 3.05) is 14.7 Å². The molecule has 0 radical (unpaired) electrons. The SMILES string of the molecule is Cc1cc2c3c(c1)N1c4c(cccc4C4(C)CCCCC14C)B3c1ccc3cc1N2c1cc(C(C)(C)C)cc2c1sc1c(cc(C(C)(C)C)cc12)N3c1ccccc1. The van der Waals surface area contributed by atoms with Gasteiger partial charge in [-0.1, -0.05) is 104 Å². The van der Waals surface area contributed by atoms with Crippen molar-refractivity contribution >= 4 is 100 Å². The maximum atomic E-state index is 2.86. The molecule has 288 valence electrons. The smallest absolute Gasteiger partial charge is 0.252 e. The fourth-order valence-corrected chi connectivity index (χ4v) is 13.2. The van der Waals surface area contributed by atoms with Crippen LogP contribution in [-0.2, 0) is 16.2 Å². The molecule has 4 bridgehead atoms. The second-order valence-corrected chi connectivity index (χ2v) is 21.7. The summed E-state index contributed by atoms with van der Waals surface area (Å²) < 4.78 is 2.71. The van der Waals surface area contributed by atoms with Crippen LogP contribution in [-0.4, -0.2) is 12.3 Å². The normalized spacial score (nSPS) is 21.3. The molecule has 58 heavy (non-hydrogen) atoms. The lowest BCUT2D eigenvalue weighted by Crippen LogP contribution is -2.64. The van der Waals surface area contributed by atoms with Gasteiger partial charge in [0.25, 0.3) is 6.71 Å². The average Bonchev–Trinajstić information content (AvgIpc) is 3.66. The number of nitrogens with zero attached hydrogens (tertiary/aromatic N) is 3. The van der Waals surface area contributed by atoms with E-state index < -0.39 is 0 Å². The Hall–Kier alpha value is -5.00. The van der Waals surface area contributed by atoms with Crippen LogP contribution in [0.5, 0.6) is 0 Å². The summed E-state index contributed by atoms with van der Waals surface area (Å²) in [6.45, 7) is 21.8.